The molecule has 2 aromatic rings. The van der Waals surface area contributed by atoms with Crippen molar-refractivity contribution < 1.29 is 19.1 Å². The normalized spacial score (nSPS) is 21.8. The second-order valence-corrected chi connectivity index (χ2v) is 7.16. The maximum atomic E-state index is 13.6. The van der Waals surface area contributed by atoms with Gasteiger partial charge in [0.2, 0.25) is 0 Å². The average molecular weight is 357 g/mol. The van der Waals surface area contributed by atoms with E-state index in [1.165, 1.54) is 17.0 Å². The van der Waals surface area contributed by atoms with E-state index < -0.39 is 11.5 Å². The van der Waals surface area contributed by atoms with E-state index in [9.17, 15) is 19.1 Å². The first-order chi connectivity index (χ1) is 12.4. The number of rotatable bonds is 3. The van der Waals surface area contributed by atoms with E-state index in [-0.39, 0.29) is 11.7 Å². The molecule has 1 N–H and O–H groups in total. The Bertz CT molecular complexity index is 907. The Morgan fingerprint density at radius 1 is 1.27 bits per heavy atom. The van der Waals surface area contributed by atoms with Crippen molar-refractivity contribution in [2.75, 3.05) is 6.54 Å². The summed E-state index contributed by atoms with van der Waals surface area (Å²) in [5.74, 6) is -1.71. The fourth-order valence-corrected chi connectivity index (χ4v) is 4.07. The molecular weight excluding hydrogens is 337 g/mol. The van der Waals surface area contributed by atoms with E-state index in [1.54, 1.807) is 23.7 Å². The van der Waals surface area contributed by atoms with E-state index in [0.717, 1.165) is 30.5 Å². The van der Waals surface area contributed by atoms with E-state index in [4.69, 9.17) is 0 Å². The van der Waals surface area contributed by atoms with Gasteiger partial charge in [-0.15, -0.1) is 0 Å². The molecule has 2 heterocycles. The summed E-state index contributed by atoms with van der Waals surface area (Å²) >= 11 is 0. The smallest absolute Gasteiger partial charge is 0.329 e. The third-order valence-electron chi connectivity index (χ3n) is 5.53. The van der Waals surface area contributed by atoms with Crippen LogP contribution in [-0.2, 0) is 17.6 Å². The lowest BCUT2D eigenvalue weighted by molar-refractivity contribution is -0.147. The van der Waals surface area contributed by atoms with Crippen LogP contribution in [0.5, 0.6) is 0 Å². The number of carboxylic acids is 1. The number of halogens is 1. The monoisotopic (exact) mass is 357 g/mol. The highest BCUT2D eigenvalue weighted by Gasteiger charge is 2.47. The number of hydrogen-bond acceptors (Lipinski definition) is 3. The average Bonchev–Trinajstić information content (AvgIpc) is 3.29. The van der Waals surface area contributed by atoms with Crippen LogP contribution >= 0.6 is 0 Å². The maximum absolute atomic E-state index is 13.6. The number of amides is 1. The molecule has 26 heavy (non-hydrogen) atoms. The van der Waals surface area contributed by atoms with Crippen molar-refractivity contribution >= 4 is 11.9 Å². The first kappa shape index (κ1) is 16.8. The van der Waals surface area contributed by atoms with Gasteiger partial charge in [0, 0.05) is 17.8 Å². The molecule has 1 fully saturated rings. The quantitative estimate of drug-likeness (QED) is 0.916. The molecule has 0 spiro atoms. The lowest BCUT2D eigenvalue weighted by Gasteiger charge is -2.30. The van der Waals surface area contributed by atoms with Crippen LogP contribution in [0.1, 0.15) is 47.9 Å². The van der Waals surface area contributed by atoms with Crippen molar-refractivity contribution in [1.29, 1.82) is 0 Å². The van der Waals surface area contributed by atoms with Crippen molar-refractivity contribution in [3.63, 3.8) is 0 Å². The molecule has 1 saturated heterocycles. The van der Waals surface area contributed by atoms with E-state index in [0.29, 0.717) is 30.8 Å². The number of likely N-dealkylation sites (tertiary alicyclic amines) is 1. The molecule has 1 atom stereocenters. The molecule has 7 heteroatoms. The van der Waals surface area contributed by atoms with Crippen LogP contribution < -0.4 is 0 Å². The number of aliphatic carboxylic acids is 1. The van der Waals surface area contributed by atoms with Crippen molar-refractivity contribution in [3.8, 4) is 5.69 Å². The molecule has 136 valence electrons. The lowest BCUT2D eigenvalue weighted by Crippen LogP contribution is -2.51. The molecule has 2 aliphatic rings. The standard InChI is InChI=1S/C19H20FN3O3/c1-19(18(25)26)9-4-10-22(19)17(24)16-14-7-3-8-15(14)23(21-16)13-6-2-5-12(20)11-13/h2,5-6,11H,3-4,7-10H2,1H3,(H,25,26). The van der Waals surface area contributed by atoms with Gasteiger partial charge in [-0.2, -0.15) is 5.10 Å². The van der Waals surface area contributed by atoms with Gasteiger partial charge in [0.15, 0.2) is 5.69 Å². The molecule has 1 unspecified atom stereocenters. The minimum absolute atomic E-state index is 0.302. The van der Waals surface area contributed by atoms with Crippen LogP contribution in [-0.4, -0.2) is 43.7 Å². The Kier molecular flexibility index (Phi) is 3.82. The molecule has 1 aliphatic carbocycles. The number of carbonyl (C=O) groups excluding carboxylic acids is 1. The zero-order valence-corrected chi connectivity index (χ0v) is 14.5. The summed E-state index contributed by atoms with van der Waals surface area (Å²) in [6, 6.07) is 6.11. The second-order valence-electron chi connectivity index (χ2n) is 7.16. The zero-order chi connectivity index (χ0) is 18.5. The Morgan fingerprint density at radius 3 is 2.81 bits per heavy atom. The summed E-state index contributed by atoms with van der Waals surface area (Å²) in [6.07, 6.45) is 3.48. The summed E-state index contributed by atoms with van der Waals surface area (Å²) in [5.41, 5.74) is 1.44. The Hall–Kier alpha value is -2.70. The van der Waals surface area contributed by atoms with Gasteiger partial charge in [0.25, 0.3) is 5.91 Å². The van der Waals surface area contributed by atoms with Crippen LogP contribution in [0, 0.1) is 5.82 Å². The molecule has 4 rings (SSSR count). The number of carboxylic acid groups (broad SMARTS) is 1. The van der Waals surface area contributed by atoms with E-state index >= 15 is 0 Å². The number of nitrogens with zero attached hydrogens (tertiary/aromatic N) is 3. The van der Waals surface area contributed by atoms with Gasteiger partial charge in [0.1, 0.15) is 11.4 Å². The van der Waals surface area contributed by atoms with Gasteiger partial charge in [-0.25, -0.2) is 13.9 Å². The Morgan fingerprint density at radius 2 is 2.08 bits per heavy atom. The van der Waals surface area contributed by atoms with Crippen molar-refractivity contribution in [1.82, 2.24) is 14.7 Å². The summed E-state index contributed by atoms with van der Waals surface area (Å²) in [6.45, 7) is 1.99. The molecule has 1 aromatic heterocycles. The fraction of sp³-hybridized carbons (Fsp3) is 0.421. The number of aromatic nitrogens is 2. The fourth-order valence-electron chi connectivity index (χ4n) is 4.07. The van der Waals surface area contributed by atoms with Gasteiger partial charge in [0.05, 0.1) is 5.69 Å². The Balaban J connectivity index is 1.78. The highest BCUT2D eigenvalue weighted by atomic mass is 19.1. The van der Waals surface area contributed by atoms with Crippen molar-refractivity contribution in [2.24, 2.45) is 0 Å². The molecular formula is C19H20FN3O3. The maximum Gasteiger partial charge on any atom is 0.329 e. The lowest BCUT2D eigenvalue weighted by atomic mass is 9.99. The summed E-state index contributed by atoms with van der Waals surface area (Å²) < 4.78 is 15.3. The molecule has 0 saturated carbocycles. The topological polar surface area (TPSA) is 75.4 Å². The van der Waals surface area contributed by atoms with Crippen molar-refractivity contribution in [3.05, 3.63) is 47.0 Å². The van der Waals surface area contributed by atoms with Gasteiger partial charge in [-0.3, -0.25) is 4.79 Å². The third kappa shape index (κ3) is 2.41. The Labute approximate surface area is 150 Å². The van der Waals surface area contributed by atoms with Gasteiger partial charge in [-0.05, 0) is 57.2 Å². The number of hydrogen-bond donors (Lipinski definition) is 1. The molecule has 1 amide bonds. The van der Waals surface area contributed by atoms with Crippen LogP contribution in [0.4, 0.5) is 4.39 Å². The number of fused-ring (bicyclic) bond motifs is 1. The van der Waals surface area contributed by atoms with Gasteiger partial charge < -0.3 is 10.0 Å². The van der Waals surface area contributed by atoms with E-state index in [1.807, 2.05) is 0 Å². The first-order valence-corrected chi connectivity index (χ1v) is 8.84. The predicted molar refractivity (Wildman–Crippen MR) is 91.9 cm³/mol. The molecule has 0 radical (unpaired) electrons. The number of carbonyl (C=O) groups is 2. The number of benzene rings is 1. The largest absolute Gasteiger partial charge is 0.480 e. The minimum atomic E-state index is -1.20. The van der Waals surface area contributed by atoms with Crippen LogP contribution in [0.25, 0.3) is 5.69 Å². The summed E-state index contributed by atoms with van der Waals surface area (Å²) in [7, 11) is 0. The van der Waals surface area contributed by atoms with Crippen LogP contribution in [0.3, 0.4) is 0 Å². The third-order valence-corrected chi connectivity index (χ3v) is 5.53. The van der Waals surface area contributed by atoms with Crippen LogP contribution in [0.15, 0.2) is 24.3 Å². The molecule has 6 nitrogen and oxygen atoms in total. The van der Waals surface area contributed by atoms with E-state index in [2.05, 4.69) is 5.10 Å². The highest BCUT2D eigenvalue weighted by Crippen LogP contribution is 2.34. The van der Waals surface area contributed by atoms with Gasteiger partial charge >= 0.3 is 5.97 Å². The van der Waals surface area contributed by atoms with Gasteiger partial charge in [-0.1, -0.05) is 6.07 Å². The predicted octanol–water partition coefficient (Wildman–Crippen LogP) is 2.58. The molecule has 1 aromatic carbocycles. The zero-order valence-electron chi connectivity index (χ0n) is 14.5. The summed E-state index contributed by atoms with van der Waals surface area (Å²) in [4.78, 5) is 26.3. The molecule has 0 bridgehead atoms. The SMILES string of the molecule is CC1(C(=O)O)CCCN1C(=O)c1nn(-c2cccc(F)c2)c2c1CCC2. The first-order valence-electron chi connectivity index (χ1n) is 8.84. The summed E-state index contributed by atoms with van der Waals surface area (Å²) in [5, 5.41) is 14.1. The second kappa shape index (κ2) is 5.93. The minimum Gasteiger partial charge on any atom is -0.480 e. The highest BCUT2D eigenvalue weighted by molar-refractivity contribution is 5.98. The molecule has 1 aliphatic heterocycles. The van der Waals surface area contributed by atoms with Crippen molar-refractivity contribution in [2.45, 2.75) is 44.6 Å². The van der Waals surface area contributed by atoms with Crippen LogP contribution in [0.2, 0.25) is 0 Å².